The summed E-state index contributed by atoms with van der Waals surface area (Å²) in [4.78, 5) is 36.3. The third-order valence-corrected chi connectivity index (χ3v) is 7.71. The van der Waals surface area contributed by atoms with Crippen LogP contribution in [0.25, 0.3) is 11.1 Å². The molecule has 3 aliphatic rings. The standard InChI is InChI=1S/C28H28FN7O4/c1-27(2,3)40-25(37)34-12-21-22(13-34)28(21,14-30)24-7-4-17(9-32-24)20-6-5-18(8-23(20)29)36-11-19(39-26(36)38)10-35-16-31-15-33-35/h4-9,15-16,19,21-22H,10-13H2,1-3H3/t19-,21-,22+,28?/m0/s1. The second-order valence-corrected chi connectivity index (χ2v) is 11.4. The van der Waals surface area contributed by atoms with E-state index >= 15 is 4.39 Å². The van der Waals surface area contributed by atoms with Crippen LogP contribution in [0, 0.1) is 29.0 Å². The zero-order valence-electron chi connectivity index (χ0n) is 22.3. The van der Waals surface area contributed by atoms with Crippen molar-refractivity contribution in [1.29, 1.82) is 5.26 Å². The van der Waals surface area contributed by atoms with E-state index in [-0.39, 0.29) is 24.5 Å². The molecule has 1 aliphatic carbocycles. The Hall–Kier alpha value is -4.53. The smallest absolute Gasteiger partial charge is 0.414 e. The van der Waals surface area contributed by atoms with E-state index in [2.05, 4.69) is 21.1 Å². The molecule has 0 bridgehead atoms. The lowest BCUT2D eigenvalue weighted by atomic mass is 9.95. The number of anilines is 1. The number of pyridine rings is 1. The maximum Gasteiger partial charge on any atom is 0.414 e. The molecule has 2 amide bonds. The quantitative estimate of drug-likeness (QED) is 0.474. The zero-order valence-corrected chi connectivity index (χ0v) is 22.3. The number of fused-ring (bicyclic) bond motifs is 1. The van der Waals surface area contributed by atoms with Gasteiger partial charge in [0, 0.05) is 42.2 Å². The van der Waals surface area contributed by atoms with Crippen LogP contribution in [0.3, 0.4) is 0 Å². The largest absolute Gasteiger partial charge is 0.444 e. The molecule has 3 fully saturated rings. The number of halogens is 1. The molecule has 6 rings (SSSR count). The Balaban J connectivity index is 1.13. The lowest BCUT2D eigenvalue weighted by Gasteiger charge is -2.27. The van der Waals surface area contributed by atoms with Crippen LogP contribution in [0.2, 0.25) is 0 Å². The van der Waals surface area contributed by atoms with Gasteiger partial charge in [-0.3, -0.25) is 9.88 Å². The molecule has 4 atom stereocenters. The van der Waals surface area contributed by atoms with Gasteiger partial charge in [-0.1, -0.05) is 6.07 Å². The Morgan fingerprint density at radius 2 is 2.00 bits per heavy atom. The van der Waals surface area contributed by atoms with Gasteiger partial charge in [-0.2, -0.15) is 10.4 Å². The van der Waals surface area contributed by atoms with E-state index < -0.39 is 29.0 Å². The summed E-state index contributed by atoms with van der Waals surface area (Å²) in [6, 6.07) is 10.5. The molecule has 0 N–H and O–H groups in total. The van der Waals surface area contributed by atoms with Crippen molar-refractivity contribution in [2.75, 3.05) is 24.5 Å². The van der Waals surface area contributed by atoms with Gasteiger partial charge in [0.25, 0.3) is 0 Å². The van der Waals surface area contributed by atoms with Gasteiger partial charge in [0.05, 0.1) is 30.5 Å². The molecule has 12 heteroatoms. The van der Waals surface area contributed by atoms with Crippen LogP contribution in [0.15, 0.2) is 49.2 Å². The highest BCUT2D eigenvalue weighted by atomic mass is 19.1. The van der Waals surface area contributed by atoms with Crippen LogP contribution in [0.5, 0.6) is 0 Å². The molecule has 1 saturated carbocycles. The average molecular weight is 546 g/mol. The third kappa shape index (κ3) is 4.41. The molecule has 2 aliphatic heterocycles. The number of rotatable bonds is 5. The summed E-state index contributed by atoms with van der Waals surface area (Å²) in [6.07, 6.45) is 3.15. The number of amides is 2. The number of ether oxygens (including phenoxy) is 2. The summed E-state index contributed by atoms with van der Waals surface area (Å²) < 4.78 is 27.7. The van der Waals surface area contributed by atoms with E-state index in [9.17, 15) is 14.9 Å². The normalized spacial score (nSPS) is 25.4. The topological polar surface area (TPSA) is 126 Å². The number of carbonyl (C=O) groups is 2. The lowest BCUT2D eigenvalue weighted by molar-refractivity contribution is 0.0265. The minimum absolute atomic E-state index is 0.0204. The number of benzene rings is 1. The van der Waals surface area contributed by atoms with Gasteiger partial charge in [-0.15, -0.1) is 0 Å². The predicted molar refractivity (Wildman–Crippen MR) is 139 cm³/mol. The molecular weight excluding hydrogens is 517 g/mol. The number of likely N-dealkylation sites (tertiary alicyclic amines) is 1. The predicted octanol–water partition coefficient (Wildman–Crippen LogP) is 3.76. The molecule has 4 heterocycles. The van der Waals surface area contributed by atoms with Gasteiger partial charge in [0.2, 0.25) is 0 Å². The minimum atomic E-state index is -0.766. The Bertz CT molecular complexity index is 1480. The molecule has 40 heavy (non-hydrogen) atoms. The molecule has 3 aromatic rings. The highest BCUT2D eigenvalue weighted by molar-refractivity contribution is 5.90. The van der Waals surface area contributed by atoms with Crippen molar-refractivity contribution in [2.24, 2.45) is 11.8 Å². The first kappa shape index (κ1) is 25.7. The highest BCUT2D eigenvalue weighted by Crippen LogP contribution is 2.62. The van der Waals surface area contributed by atoms with Crippen molar-refractivity contribution in [3.05, 3.63) is 60.7 Å². The Morgan fingerprint density at radius 1 is 1.23 bits per heavy atom. The maximum absolute atomic E-state index is 15.2. The van der Waals surface area contributed by atoms with Crippen molar-refractivity contribution < 1.29 is 23.5 Å². The van der Waals surface area contributed by atoms with Gasteiger partial charge in [0.15, 0.2) is 0 Å². The molecular formula is C28H28FN7O4. The first-order chi connectivity index (χ1) is 19.1. The number of carbonyl (C=O) groups excluding carboxylic acids is 2. The monoisotopic (exact) mass is 545 g/mol. The number of aromatic nitrogens is 4. The first-order valence-corrected chi connectivity index (χ1v) is 13.1. The molecule has 1 aromatic carbocycles. The lowest BCUT2D eigenvalue weighted by Crippen LogP contribution is -2.39. The molecule has 2 aromatic heterocycles. The van der Waals surface area contributed by atoms with Crippen LogP contribution < -0.4 is 4.90 Å². The highest BCUT2D eigenvalue weighted by Gasteiger charge is 2.71. The van der Waals surface area contributed by atoms with Crippen molar-refractivity contribution in [1.82, 2.24) is 24.6 Å². The van der Waals surface area contributed by atoms with Crippen LogP contribution in [0.4, 0.5) is 19.7 Å². The van der Waals surface area contributed by atoms with Gasteiger partial charge >= 0.3 is 12.2 Å². The van der Waals surface area contributed by atoms with Crippen molar-refractivity contribution >= 4 is 17.9 Å². The summed E-state index contributed by atoms with van der Waals surface area (Å²) >= 11 is 0. The summed E-state index contributed by atoms with van der Waals surface area (Å²) in [5.41, 5.74) is 0.536. The SMILES string of the molecule is CC(C)(C)OC(=O)N1C[C@@H]2[C@H](C1)C2(C#N)c1ccc(-c2ccc(N3C[C@H](Cn4cncn4)OC3=O)cc2F)cn1. The Kier molecular flexibility index (Phi) is 5.98. The molecule has 0 spiro atoms. The second kappa shape index (κ2) is 9.29. The Labute approximate surface area is 230 Å². The number of hydrogen-bond donors (Lipinski definition) is 0. The average Bonchev–Trinajstić information content (AvgIpc) is 3.41. The van der Waals surface area contributed by atoms with Gasteiger partial charge < -0.3 is 14.4 Å². The van der Waals surface area contributed by atoms with Gasteiger partial charge in [0.1, 0.15) is 35.6 Å². The first-order valence-electron chi connectivity index (χ1n) is 13.1. The number of hydrogen-bond acceptors (Lipinski definition) is 8. The summed E-state index contributed by atoms with van der Waals surface area (Å²) in [5, 5.41) is 14.1. The van der Waals surface area contributed by atoms with Crippen LogP contribution in [-0.4, -0.2) is 68.2 Å². The van der Waals surface area contributed by atoms with E-state index in [0.717, 1.165) is 0 Å². The molecule has 2 saturated heterocycles. The molecule has 0 radical (unpaired) electrons. The fourth-order valence-electron chi connectivity index (χ4n) is 5.78. The third-order valence-electron chi connectivity index (χ3n) is 7.71. The fraction of sp³-hybridized carbons (Fsp3) is 0.429. The van der Waals surface area contributed by atoms with Crippen LogP contribution >= 0.6 is 0 Å². The van der Waals surface area contributed by atoms with E-state index in [1.165, 1.54) is 23.6 Å². The number of piperidine rings is 1. The maximum atomic E-state index is 15.2. The summed E-state index contributed by atoms with van der Waals surface area (Å²) in [5.74, 6) is -0.549. The fourth-order valence-corrected chi connectivity index (χ4v) is 5.78. The van der Waals surface area contributed by atoms with Gasteiger partial charge in [-0.25, -0.2) is 23.6 Å². The molecule has 1 unspecified atom stereocenters. The second-order valence-electron chi connectivity index (χ2n) is 11.4. The van der Waals surface area contributed by atoms with Gasteiger partial charge in [-0.05, 0) is 45.0 Å². The van der Waals surface area contributed by atoms with E-state index in [1.807, 2.05) is 20.8 Å². The van der Waals surface area contributed by atoms with E-state index in [4.69, 9.17) is 9.47 Å². The van der Waals surface area contributed by atoms with Crippen molar-refractivity contribution in [3.8, 4) is 17.2 Å². The number of nitrogens with zero attached hydrogens (tertiary/aromatic N) is 7. The summed E-state index contributed by atoms with van der Waals surface area (Å²) in [6.45, 7) is 6.95. The zero-order chi connectivity index (χ0) is 28.2. The van der Waals surface area contributed by atoms with Crippen LogP contribution in [-0.2, 0) is 21.4 Å². The number of nitriles is 1. The minimum Gasteiger partial charge on any atom is -0.444 e. The summed E-state index contributed by atoms with van der Waals surface area (Å²) in [7, 11) is 0. The molecule has 206 valence electrons. The van der Waals surface area contributed by atoms with Crippen molar-refractivity contribution in [3.63, 3.8) is 0 Å². The van der Waals surface area contributed by atoms with E-state index in [0.29, 0.717) is 42.1 Å². The van der Waals surface area contributed by atoms with Crippen molar-refractivity contribution in [2.45, 2.75) is 44.4 Å². The molecule has 11 nitrogen and oxygen atoms in total. The number of cyclic esters (lactones) is 1. The van der Waals surface area contributed by atoms with E-state index in [1.54, 1.807) is 40.0 Å². The van der Waals surface area contributed by atoms with Crippen LogP contribution in [0.1, 0.15) is 26.5 Å². The Morgan fingerprint density at radius 3 is 2.60 bits per heavy atom.